The molecule has 7 heteroatoms. The molecule has 0 saturated carbocycles. The third-order valence-corrected chi connectivity index (χ3v) is 3.27. The molecule has 0 saturated heterocycles. The van der Waals surface area contributed by atoms with Crippen LogP contribution in [0.25, 0.3) is 0 Å². The number of imidazole rings is 1. The number of nitrogens with two attached hydrogens (primary N) is 1. The molecule has 1 aromatic carbocycles. The number of aromatic nitrogens is 2. The number of amides is 1. The maximum absolute atomic E-state index is 13.5. The van der Waals surface area contributed by atoms with Crippen molar-refractivity contribution >= 4 is 5.91 Å². The summed E-state index contributed by atoms with van der Waals surface area (Å²) in [6.45, 7) is 0.0995. The van der Waals surface area contributed by atoms with E-state index >= 15 is 0 Å². The van der Waals surface area contributed by atoms with Gasteiger partial charge in [0.05, 0.1) is 6.61 Å². The molecule has 0 aliphatic heterocycles. The highest BCUT2D eigenvalue weighted by molar-refractivity contribution is 5.82. The normalized spacial score (nSPS) is 13.6. The van der Waals surface area contributed by atoms with Crippen LogP contribution in [0.5, 0.6) is 0 Å². The van der Waals surface area contributed by atoms with Crippen LogP contribution in [-0.2, 0) is 16.6 Å². The molecule has 0 spiro atoms. The molecule has 0 aliphatic rings. The van der Waals surface area contributed by atoms with E-state index in [2.05, 4.69) is 10.3 Å². The summed E-state index contributed by atoms with van der Waals surface area (Å²) in [4.78, 5) is 16.4. The number of carbonyl (C=O) groups is 1. The molecule has 22 heavy (non-hydrogen) atoms. The Morgan fingerprint density at radius 1 is 1.55 bits per heavy atom. The smallest absolute Gasteiger partial charge is 0.240 e. The number of hydrogen-bond acceptors (Lipinski definition) is 4. The van der Waals surface area contributed by atoms with Crippen molar-refractivity contribution in [2.45, 2.75) is 12.1 Å². The zero-order valence-electron chi connectivity index (χ0n) is 12.5. The Hall–Kier alpha value is -2.25. The molecule has 2 aromatic rings. The van der Waals surface area contributed by atoms with Crippen LogP contribution < -0.4 is 11.1 Å². The number of nitrogens with zero attached hydrogens (tertiary/aromatic N) is 2. The van der Waals surface area contributed by atoms with Crippen molar-refractivity contribution in [2.24, 2.45) is 12.8 Å². The molecular formula is C15H19FN4O2. The number of aryl methyl sites for hydroxylation is 1. The molecule has 0 radical (unpaired) electrons. The second kappa shape index (κ2) is 7.15. The number of nitrogens with one attached hydrogen (secondary N) is 1. The lowest BCUT2D eigenvalue weighted by Crippen LogP contribution is -2.45. The Kier molecular flexibility index (Phi) is 5.24. The maximum atomic E-state index is 13.5. The van der Waals surface area contributed by atoms with Crippen molar-refractivity contribution in [1.82, 2.24) is 14.9 Å². The summed E-state index contributed by atoms with van der Waals surface area (Å²) in [5.41, 5.74) is 6.33. The zero-order valence-corrected chi connectivity index (χ0v) is 12.5. The molecule has 1 aromatic heterocycles. The number of halogens is 1. The van der Waals surface area contributed by atoms with Crippen LogP contribution in [-0.4, -0.2) is 35.2 Å². The van der Waals surface area contributed by atoms with Gasteiger partial charge in [-0.05, 0) is 17.7 Å². The summed E-state index contributed by atoms with van der Waals surface area (Å²) in [5.74, 6) is -0.185. The number of benzene rings is 1. The first-order valence-electron chi connectivity index (χ1n) is 6.80. The largest absolute Gasteiger partial charge is 0.383 e. The quantitative estimate of drug-likeness (QED) is 0.824. The second-order valence-corrected chi connectivity index (χ2v) is 4.95. The van der Waals surface area contributed by atoms with E-state index in [9.17, 15) is 9.18 Å². The maximum Gasteiger partial charge on any atom is 0.240 e. The van der Waals surface area contributed by atoms with Crippen molar-refractivity contribution in [3.8, 4) is 0 Å². The predicted molar refractivity (Wildman–Crippen MR) is 79.4 cm³/mol. The van der Waals surface area contributed by atoms with Gasteiger partial charge in [-0.1, -0.05) is 12.1 Å². The van der Waals surface area contributed by atoms with Crippen LogP contribution in [0.1, 0.15) is 17.4 Å². The van der Waals surface area contributed by atoms with E-state index in [0.717, 1.165) is 0 Å². The first kappa shape index (κ1) is 16.1. The summed E-state index contributed by atoms with van der Waals surface area (Å²) >= 11 is 0. The van der Waals surface area contributed by atoms with Gasteiger partial charge in [0.1, 0.15) is 23.7 Å². The van der Waals surface area contributed by atoms with E-state index in [4.69, 9.17) is 10.5 Å². The van der Waals surface area contributed by atoms with Gasteiger partial charge in [-0.2, -0.15) is 0 Å². The fourth-order valence-electron chi connectivity index (χ4n) is 2.14. The van der Waals surface area contributed by atoms with Gasteiger partial charge in [-0.15, -0.1) is 0 Å². The fourth-order valence-corrected chi connectivity index (χ4v) is 2.14. The molecule has 2 atom stereocenters. The fraction of sp³-hybridized carbons (Fsp3) is 0.333. The molecule has 1 heterocycles. The molecule has 0 aliphatic carbocycles. The van der Waals surface area contributed by atoms with Gasteiger partial charge >= 0.3 is 0 Å². The second-order valence-electron chi connectivity index (χ2n) is 4.95. The molecule has 3 N–H and O–H groups in total. The Labute approximate surface area is 128 Å². The van der Waals surface area contributed by atoms with Gasteiger partial charge in [0, 0.05) is 26.6 Å². The van der Waals surface area contributed by atoms with E-state index in [1.807, 2.05) is 0 Å². The summed E-state index contributed by atoms with van der Waals surface area (Å²) < 4.78 is 20.1. The molecule has 0 fully saturated rings. The monoisotopic (exact) mass is 306 g/mol. The standard InChI is InChI=1S/C15H19FN4O2/c1-20-7-6-18-14(20)13(10-4-3-5-11(16)8-10)19-15(21)12(17)9-22-2/h3-8,12-13H,9,17H2,1-2H3,(H,19,21). The lowest BCUT2D eigenvalue weighted by atomic mass is 10.1. The number of carbonyl (C=O) groups excluding carboxylic acids is 1. The minimum atomic E-state index is -0.804. The van der Waals surface area contributed by atoms with Gasteiger partial charge in [0.15, 0.2) is 0 Å². The van der Waals surface area contributed by atoms with E-state index in [1.165, 1.54) is 19.2 Å². The number of hydrogen-bond donors (Lipinski definition) is 2. The first-order chi connectivity index (χ1) is 10.5. The van der Waals surface area contributed by atoms with Crippen LogP contribution >= 0.6 is 0 Å². The number of methoxy groups -OCH3 is 1. The molecule has 0 bridgehead atoms. The van der Waals surface area contributed by atoms with Crippen molar-refractivity contribution in [3.63, 3.8) is 0 Å². The van der Waals surface area contributed by atoms with Crippen molar-refractivity contribution in [1.29, 1.82) is 0 Å². The highest BCUT2D eigenvalue weighted by Crippen LogP contribution is 2.21. The predicted octanol–water partition coefficient (Wildman–Crippen LogP) is 0.738. The van der Waals surface area contributed by atoms with Crippen LogP contribution in [0.4, 0.5) is 4.39 Å². The van der Waals surface area contributed by atoms with Crippen LogP contribution in [0.2, 0.25) is 0 Å². The Balaban J connectivity index is 2.31. The Morgan fingerprint density at radius 2 is 2.32 bits per heavy atom. The van der Waals surface area contributed by atoms with E-state index < -0.39 is 12.1 Å². The number of rotatable bonds is 6. The van der Waals surface area contributed by atoms with Crippen LogP contribution in [0.3, 0.4) is 0 Å². The van der Waals surface area contributed by atoms with Gasteiger partial charge in [0.2, 0.25) is 5.91 Å². The number of ether oxygens (including phenoxy) is 1. The average molecular weight is 306 g/mol. The minimum absolute atomic E-state index is 0.0995. The highest BCUT2D eigenvalue weighted by atomic mass is 19.1. The Bertz CT molecular complexity index is 644. The third-order valence-electron chi connectivity index (χ3n) is 3.27. The van der Waals surface area contributed by atoms with Crippen molar-refractivity contribution in [2.75, 3.05) is 13.7 Å². The molecule has 118 valence electrons. The van der Waals surface area contributed by atoms with Crippen LogP contribution in [0, 0.1) is 5.82 Å². The molecule has 2 unspecified atom stereocenters. The summed E-state index contributed by atoms with van der Waals surface area (Å²) in [6, 6.07) is 4.62. The zero-order chi connectivity index (χ0) is 16.1. The lowest BCUT2D eigenvalue weighted by molar-refractivity contribution is -0.124. The third kappa shape index (κ3) is 3.69. The van der Waals surface area contributed by atoms with Gasteiger partial charge in [0.25, 0.3) is 0 Å². The SMILES string of the molecule is COCC(N)C(=O)NC(c1cccc(F)c1)c1nccn1C. The lowest BCUT2D eigenvalue weighted by Gasteiger charge is -2.21. The van der Waals surface area contributed by atoms with Gasteiger partial charge in [-0.25, -0.2) is 9.37 Å². The van der Waals surface area contributed by atoms with E-state index in [1.54, 1.807) is 36.1 Å². The van der Waals surface area contributed by atoms with Crippen molar-refractivity contribution in [3.05, 3.63) is 53.9 Å². The summed E-state index contributed by atoms with van der Waals surface area (Å²) in [7, 11) is 3.27. The highest BCUT2D eigenvalue weighted by Gasteiger charge is 2.23. The average Bonchev–Trinajstić information content (AvgIpc) is 2.90. The molecule has 1 amide bonds. The topological polar surface area (TPSA) is 82.2 Å². The van der Waals surface area contributed by atoms with Crippen molar-refractivity contribution < 1.29 is 13.9 Å². The Morgan fingerprint density at radius 3 is 2.91 bits per heavy atom. The molecule has 6 nitrogen and oxygen atoms in total. The van der Waals surface area contributed by atoms with Gasteiger partial charge in [-0.3, -0.25) is 4.79 Å². The molecule has 2 rings (SSSR count). The van der Waals surface area contributed by atoms with Gasteiger partial charge < -0.3 is 20.4 Å². The van der Waals surface area contributed by atoms with E-state index in [-0.39, 0.29) is 18.3 Å². The summed E-state index contributed by atoms with van der Waals surface area (Å²) in [6.07, 6.45) is 3.37. The van der Waals surface area contributed by atoms with Crippen LogP contribution in [0.15, 0.2) is 36.7 Å². The van der Waals surface area contributed by atoms with E-state index in [0.29, 0.717) is 11.4 Å². The summed E-state index contributed by atoms with van der Waals surface area (Å²) in [5, 5.41) is 2.79. The minimum Gasteiger partial charge on any atom is -0.383 e. The molecular weight excluding hydrogens is 287 g/mol. The first-order valence-corrected chi connectivity index (χ1v) is 6.80.